The summed E-state index contributed by atoms with van der Waals surface area (Å²) in [5.74, 6) is 0.0453. The van der Waals surface area contributed by atoms with Gasteiger partial charge >= 0.3 is 6.09 Å². The van der Waals surface area contributed by atoms with Crippen molar-refractivity contribution < 1.29 is 14.3 Å². The number of rotatable bonds is 10. The minimum absolute atomic E-state index is 0.0572. The fourth-order valence-electron chi connectivity index (χ4n) is 3.88. The molecule has 1 aromatic carbocycles. The Morgan fingerprint density at radius 2 is 1.61 bits per heavy atom. The van der Waals surface area contributed by atoms with Gasteiger partial charge in [-0.05, 0) is 69.6 Å². The second-order valence-corrected chi connectivity index (χ2v) is 11.6. The van der Waals surface area contributed by atoms with Gasteiger partial charge in [-0.1, -0.05) is 44.5 Å². The fourth-order valence-corrected chi connectivity index (χ4v) is 3.88. The highest BCUT2D eigenvalue weighted by Crippen LogP contribution is 2.22. The molecule has 0 bridgehead atoms. The molecular weight excluding hydrogens is 482 g/mol. The van der Waals surface area contributed by atoms with Crippen molar-refractivity contribution in [3.05, 3.63) is 59.2 Å². The summed E-state index contributed by atoms with van der Waals surface area (Å²) in [4.78, 5) is 28.9. The molecule has 0 saturated heterocycles. The minimum atomic E-state index is -0.595. The Balaban J connectivity index is 1.34. The monoisotopic (exact) mass is 523 g/mol. The van der Waals surface area contributed by atoms with Crippen molar-refractivity contribution in [3.8, 4) is 0 Å². The summed E-state index contributed by atoms with van der Waals surface area (Å²) in [5.41, 5.74) is 8.88. The zero-order valence-corrected chi connectivity index (χ0v) is 23.5. The van der Waals surface area contributed by atoms with E-state index in [1.807, 2.05) is 51.2 Å². The summed E-state index contributed by atoms with van der Waals surface area (Å²) in [5, 5.41) is 11.4. The number of amides is 1. The number of hydrogen-bond donors (Lipinski definition) is 2. The van der Waals surface area contributed by atoms with Crippen LogP contribution >= 0.6 is 0 Å². The lowest BCUT2D eigenvalue weighted by Gasteiger charge is -2.19. The van der Waals surface area contributed by atoms with Crippen LogP contribution in [-0.4, -0.2) is 48.7 Å². The number of benzene rings is 1. The molecule has 3 aromatic rings. The number of unbranched alkanes of at least 4 members (excludes halogenated alkanes) is 2. The molecule has 0 saturated carbocycles. The van der Waals surface area contributed by atoms with Crippen LogP contribution in [0.2, 0.25) is 0 Å². The van der Waals surface area contributed by atoms with E-state index in [1.165, 1.54) is 10.1 Å². The minimum Gasteiger partial charge on any atom is -0.443 e. The molecule has 2 heterocycles. The molecule has 0 atom stereocenters. The maximum Gasteiger partial charge on any atom is 0.421 e. The standard InChI is InChI=1S/C28H41N7O3/c1-27(2,3)21-14-12-20(13-15-21)24(36)30-16-17-34-18-23(32-33-34)11-9-7-8-10-22-19-35(25(29)31-22)26(37)38-28(4,5)6/h12-15,18-19H,7-11,16-17H2,1-6H3,(H2,29,31)(H,30,36). The molecule has 0 spiro atoms. The van der Waals surface area contributed by atoms with Crippen LogP contribution in [0.15, 0.2) is 36.7 Å². The first-order chi connectivity index (χ1) is 17.8. The number of hydrogen-bond acceptors (Lipinski definition) is 7. The van der Waals surface area contributed by atoms with E-state index in [0.29, 0.717) is 18.7 Å². The van der Waals surface area contributed by atoms with Crippen LogP contribution < -0.4 is 11.1 Å². The highest BCUT2D eigenvalue weighted by atomic mass is 16.6. The molecule has 0 aliphatic heterocycles. The quantitative estimate of drug-likeness (QED) is 0.374. The lowest BCUT2D eigenvalue weighted by Crippen LogP contribution is -2.27. The molecule has 3 rings (SSSR count). The average molecular weight is 524 g/mol. The maximum absolute atomic E-state index is 12.4. The summed E-state index contributed by atoms with van der Waals surface area (Å²) in [6, 6.07) is 7.74. The zero-order valence-electron chi connectivity index (χ0n) is 23.5. The summed E-state index contributed by atoms with van der Waals surface area (Å²) in [6.07, 6.45) is 7.46. The van der Waals surface area contributed by atoms with Crippen molar-refractivity contribution in [2.75, 3.05) is 12.3 Å². The second-order valence-electron chi connectivity index (χ2n) is 11.6. The number of nitrogens with one attached hydrogen (secondary N) is 1. The second kappa shape index (κ2) is 12.2. The third kappa shape index (κ3) is 8.71. The molecule has 0 aliphatic carbocycles. The largest absolute Gasteiger partial charge is 0.443 e. The molecule has 0 unspecified atom stereocenters. The number of carbonyl (C=O) groups excluding carboxylic acids is 2. The van der Waals surface area contributed by atoms with E-state index in [-0.39, 0.29) is 17.3 Å². The van der Waals surface area contributed by atoms with Crippen LogP contribution in [0.5, 0.6) is 0 Å². The van der Waals surface area contributed by atoms with Gasteiger partial charge in [0.15, 0.2) is 0 Å². The first-order valence-electron chi connectivity index (χ1n) is 13.2. The maximum atomic E-state index is 12.4. The first kappa shape index (κ1) is 28.9. The Morgan fingerprint density at radius 3 is 2.24 bits per heavy atom. The number of ether oxygens (including phenoxy) is 1. The molecule has 2 aromatic heterocycles. The molecule has 206 valence electrons. The number of nitrogens with two attached hydrogens (primary N) is 1. The van der Waals surface area contributed by atoms with E-state index in [9.17, 15) is 9.59 Å². The van der Waals surface area contributed by atoms with Crippen LogP contribution in [0.1, 0.15) is 88.1 Å². The number of aromatic nitrogens is 5. The molecule has 0 radical (unpaired) electrons. The molecule has 0 aliphatic rings. The average Bonchev–Trinajstić information content (AvgIpc) is 3.43. The Hall–Kier alpha value is -3.69. The summed E-state index contributed by atoms with van der Waals surface area (Å²) < 4.78 is 8.36. The van der Waals surface area contributed by atoms with E-state index >= 15 is 0 Å². The highest BCUT2D eigenvalue weighted by molar-refractivity contribution is 5.94. The lowest BCUT2D eigenvalue weighted by molar-refractivity contribution is 0.0540. The molecule has 1 amide bonds. The summed E-state index contributed by atoms with van der Waals surface area (Å²) in [7, 11) is 0. The van der Waals surface area contributed by atoms with Crippen molar-refractivity contribution in [2.45, 2.75) is 91.2 Å². The Morgan fingerprint density at radius 1 is 0.947 bits per heavy atom. The van der Waals surface area contributed by atoms with Crippen molar-refractivity contribution in [1.29, 1.82) is 0 Å². The van der Waals surface area contributed by atoms with Crippen LogP contribution in [-0.2, 0) is 29.5 Å². The van der Waals surface area contributed by atoms with Gasteiger partial charge in [0.25, 0.3) is 5.91 Å². The molecular formula is C28H41N7O3. The van der Waals surface area contributed by atoms with Gasteiger partial charge in [-0.3, -0.25) is 9.48 Å². The lowest BCUT2D eigenvalue weighted by atomic mass is 9.87. The topological polar surface area (TPSA) is 130 Å². The van der Waals surface area contributed by atoms with Gasteiger partial charge in [0, 0.05) is 24.5 Å². The fraction of sp³-hybridized carbons (Fsp3) is 0.536. The number of nitrogens with zero attached hydrogens (tertiary/aromatic N) is 5. The van der Waals surface area contributed by atoms with Gasteiger partial charge in [0.2, 0.25) is 5.95 Å². The SMILES string of the molecule is CC(C)(C)OC(=O)n1cc(CCCCCc2cn(CCNC(=O)c3ccc(C(C)(C)C)cc3)nn2)nc1N. The highest BCUT2D eigenvalue weighted by Gasteiger charge is 2.20. The van der Waals surface area contributed by atoms with Gasteiger partial charge in [0.1, 0.15) is 5.60 Å². The molecule has 3 N–H and O–H groups in total. The Kier molecular flexibility index (Phi) is 9.30. The zero-order chi connectivity index (χ0) is 27.9. The van der Waals surface area contributed by atoms with Crippen molar-refractivity contribution in [1.82, 2.24) is 29.9 Å². The predicted molar refractivity (Wildman–Crippen MR) is 147 cm³/mol. The summed E-state index contributed by atoms with van der Waals surface area (Å²) >= 11 is 0. The molecule has 10 heteroatoms. The van der Waals surface area contributed by atoms with Crippen LogP contribution in [0.4, 0.5) is 10.7 Å². The Bertz CT molecular complexity index is 1210. The third-order valence-corrected chi connectivity index (χ3v) is 5.96. The van der Waals surface area contributed by atoms with Gasteiger partial charge < -0.3 is 15.8 Å². The van der Waals surface area contributed by atoms with E-state index in [0.717, 1.165) is 43.5 Å². The van der Waals surface area contributed by atoms with Crippen molar-refractivity contribution >= 4 is 17.9 Å². The number of aryl methyl sites for hydroxylation is 2. The van der Waals surface area contributed by atoms with Crippen molar-refractivity contribution in [2.24, 2.45) is 0 Å². The number of nitrogen functional groups attached to an aromatic ring is 1. The van der Waals surface area contributed by atoms with Crippen LogP contribution in [0.3, 0.4) is 0 Å². The van der Waals surface area contributed by atoms with Gasteiger partial charge in [-0.25, -0.2) is 14.3 Å². The van der Waals surface area contributed by atoms with E-state index in [4.69, 9.17) is 10.5 Å². The Labute approximate surface area is 225 Å². The van der Waals surface area contributed by atoms with Crippen molar-refractivity contribution in [3.63, 3.8) is 0 Å². The number of carbonyl (C=O) groups is 2. The number of anilines is 1. The third-order valence-electron chi connectivity index (χ3n) is 5.96. The normalized spacial score (nSPS) is 11.9. The smallest absolute Gasteiger partial charge is 0.421 e. The molecule has 38 heavy (non-hydrogen) atoms. The molecule has 10 nitrogen and oxygen atoms in total. The molecule has 0 fully saturated rings. The predicted octanol–water partition coefficient (Wildman–Crippen LogP) is 4.52. The van der Waals surface area contributed by atoms with Gasteiger partial charge in [-0.15, -0.1) is 5.10 Å². The summed E-state index contributed by atoms with van der Waals surface area (Å²) in [6.45, 7) is 12.9. The van der Waals surface area contributed by atoms with Crippen LogP contribution in [0, 0.1) is 0 Å². The van der Waals surface area contributed by atoms with Gasteiger partial charge in [0.05, 0.1) is 17.9 Å². The number of imidazole rings is 1. The van der Waals surface area contributed by atoms with Crippen LogP contribution in [0.25, 0.3) is 0 Å². The van der Waals surface area contributed by atoms with E-state index < -0.39 is 11.7 Å². The van der Waals surface area contributed by atoms with E-state index in [2.05, 4.69) is 41.4 Å². The van der Waals surface area contributed by atoms with Gasteiger partial charge in [-0.2, -0.15) is 0 Å². The first-order valence-corrected chi connectivity index (χ1v) is 13.2. The van der Waals surface area contributed by atoms with E-state index in [1.54, 1.807) is 10.9 Å².